The van der Waals surface area contributed by atoms with Crippen molar-refractivity contribution < 1.29 is 15.0 Å². The smallest absolute Gasteiger partial charge is 0.314 e. The SMILES string of the molecule is Cn1cc(-c2cc(N3CCC(O)CC3)nc(Nc3ccc(C4(C(=O)O)CCC4)cc3)n2)cn1. The fourth-order valence-corrected chi connectivity index (χ4v) is 4.61. The molecule has 172 valence electrons. The van der Waals surface area contributed by atoms with Crippen LogP contribution >= 0.6 is 0 Å². The zero-order chi connectivity index (χ0) is 23.0. The maximum Gasteiger partial charge on any atom is 0.314 e. The van der Waals surface area contributed by atoms with E-state index < -0.39 is 11.4 Å². The molecule has 1 saturated heterocycles. The normalized spacial score (nSPS) is 18.1. The van der Waals surface area contributed by atoms with E-state index >= 15 is 0 Å². The van der Waals surface area contributed by atoms with Crippen LogP contribution in [0.25, 0.3) is 11.3 Å². The Morgan fingerprint density at radius 1 is 1.15 bits per heavy atom. The summed E-state index contributed by atoms with van der Waals surface area (Å²) >= 11 is 0. The first-order chi connectivity index (χ1) is 15.9. The lowest BCUT2D eigenvalue weighted by Gasteiger charge is -2.38. The van der Waals surface area contributed by atoms with E-state index in [0.29, 0.717) is 31.6 Å². The Labute approximate surface area is 192 Å². The van der Waals surface area contributed by atoms with Crippen LogP contribution in [0.4, 0.5) is 17.5 Å². The zero-order valence-electron chi connectivity index (χ0n) is 18.6. The molecule has 3 N–H and O–H groups in total. The van der Waals surface area contributed by atoms with E-state index in [1.54, 1.807) is 10.9 Å². The number of benzene rings is 1. The summed E-state index contributed by atoms with van der Waals surface area (Å²) in [6.07, 6.45) is 7.14. The van der Waals surface area contributed by atoms with Crippen molar-refractivity contribution in [3.05, 3.63) is 48.3 Å². The van der Waals surface area contributed by atoms with Crippen LogP contribution in [-0.4, -0.2) is 55.1 Å². The predicted octanol–water partition coefficient (Wildman–Crippen LogP) is 3.09. The molecule has 9 nitrogen and oxygen atoms in total. The highest BCUT2D eigenvalue weighted by atomic mass is 16.4. The van der Waals surface area contributed by atoms with Gasteiger partial charge in [-0.3, -0.25) is 9.48 Å². The number of nitrogens with zero attached hydrogens (tertiary/aromatic N) is 5. The number of aromatic nitrogens is 4. The molecule has 0 unspecified atom stereocenters. The molecule has 0 spiro atoms. The topological polar surface area (TPSA) is 116 Å². The maximum absolute atomic E-state index is 11.8. The summed E-state index contributed by atoms with van der Waals surface area (Å²) in [6, 6.07) is 9.49. The van der Waals surface area contributed by atoms with Crippen molar-refractivity contribution in [2.24, 2.45) is 7.05 Å². The molecular weight excluding hydrogens is 420 g/mol. The summed E-state index contributed by atoms with van der Waals surface area (Å²) in [5, 5.41) is 27.1. The molecule has 5 rings (SSSR count). The number of aliphatic carboxylic acids is 1. The first-order valence-corrected chi connectivity index (χ1v) is 11.3. The lowest BCUT2D eigenvalue weighted by Crippen LogP contribution is -2.42. The average molecular weight is 449 g/mol. The molecule has 9 heteroatoms. The summed E-state index contributed by atoms with van der Waals surface area (Å²) in [6.45, 7) is 1.46. The van der Waals surface area contributed by atoms with Crippen molar-refractivity contribution in [2.75, 3.05) is 23.3 Å². The van der Waals surface area contributed by atoms with Crippen LogP contribution in [0.15, 0.2) is 42.7 Å². The third-order valence-electron chi connectivity index (χ3n) is 6.81. The molecule has 2 aromatic heterocycles. The van der Waals surface area contributed by atoms with Crippen LogP contribution in [0.1, 0.15) is 37.7 Å². The Morgan fingerprint density at radius 3 is 2.45 bits per heavy atom. The molecule has 1 aromatic carbocycles. The number of anilines is 3. The van der Waals surface area contributed by atoms with Crippen LogP contribution in [-0.2, 0) is 17.3 Å². The van der Waals surface area contributed by atoms with Gasteiger partial charge in [-0.25, -0.2) is 4.98 Å². The fourth-order valence-electron chi connectivity index (χ4n) is 4.61. The molecule has 0 atom stereocenters. The van der Waals surface area contributed by atoms with Crippen molar-refractivity contribution in [1.29, 1.82) is 0 Å². The van der Waals surface area contributed by atoms with E-state index in [9.17, 15) is 15.0 Å². The highest BCUT2D eigenvalue weighted by molar-refractivity contribution is 5.82. The third-order valence-corrected chi connectivity index (χ3v) is 6.81. The second-order valence-electron chi connectivity index (χ2n) is 9.00. The molecule has 33 heavy (non-hydrogen) atoms. The maximum atomic E-state index is 11.8. The Morgan fingerprint density at radius 2 is 1.88 bits per heavy atom. The van der Waals surface area contributed by atoms with E-state index in [2.05, 4.69) is 15.3 Å². The van der Waals surface area contributed by atoms with Gasteiger partial charge in [-0.2, -0.15) is 10.1 Å². The van der Waals surface area contributed by atoms with Crippen molar-refractivity contribution in [1.82, 2.24) is 19.7 Å². The number of carboxylic acids is 1. The number of aliphatic hydroxyl groups excluding tert-OH is 1. The Kier molecular flexibility index (Phi) is 5.49. The van der Waals surface area contributed by atoms with Gasteiger partial charge in [-0.15, -0.1) is 0 Å². The number of rotatable bonds is 6. The number of hydrogen-bond acceptors (Lipinski definition) is 7. The van der Waals surface area contributed by atoms with Crippen molar-refractivity contribution in [3.63, 3.8) is 0 Å². The average Bonchev–Trinajstić information content (AvgIpc) is 3.21. The molecule has 0 bridgehead atoms. The van der Waals surface area contributed by atoms with Crippen LogP contribution < -0.4 is 10.2 Å². The van der Waals surface area contributed by atoms with E-state index in [0.717, 1.165) is 47.8 Å². The first kappa shape index (κ1) is 21.4. The van der Waals surface area contributed by atoms with Gasteiger partial charge in [-0.05, 0) is 43.4 Å². The van der Waals surface area contributed by atoms with Gasteiger partial charge in [0.2, 0.25) is 5.95 Å². The van der Waals surface area contributed by atoms with Gasteiger partial charge < -0.3 is 20.4 Å². The quantitative estimate of drug-likeness (QED) is 0.527. The van der Waals surface area contributed by atoms with E-state index in [1.807, 2.05) is 43.6 Å². The number of aliphatic hydroxyl groups is 1. The van der Waals surface area contributed by atoms with Crippen LogP contribution in [0.3, 0.4) is 0 Å². The molecule has 0 amide bonds. The third kappa shape index (κ3) is 4.16. The molecule has 3 heterocycles. The minimum atomic E-state index is -0.752. The summed E-state index contributed by atoms with van der Waals surface area (Å²) in [5.74, 6) is 0.509. The molecule has 2 fully saturated rings. The van der Waals surface area contributed by atoms with Gasteiger partial charge in [0.05, 0.1) is 23.4 Å². The number of aryl methyl sites for hydroxylation is 1. The Bertz CT molecular complexity index is 1150. The summed E-state index contributed by atoms with van der Waals surface area (Å²) < 4.78 is 1.74. The van der Waals surface area contributed by atoms with Gasteiger partial charge in [-0.1, -0.05) is 18.6 Å². The molecule has 3 aromatic rings. The largest absolute Gasteiger partial charge is 0.481 e. The van der Waals surface area contributed by atoms with Crippen LogP contribution in [0.5, 0.6) is 0 Å². The minimum absolute atomic E-state index is 0.262. The standard InChI is InChI=1S/C24H28N6O3/c1-29-15-16(14-25-29)20-13-21(30-11-7-19(31)8-12-30)28-23(27-20)26-18-5-3-17(4-6-18)24(22(32)33)9-2-10-24/h3-6,13-15,19,31H,2,7-12H2,1H3,(H,32,33)(H,26,27,28). The lowest BCUT2D eigenvalue weighted by molar-refractivity contribution is -0.147. The molecule has 1 saturated carbocycles. The number of carboxylic acid groups (broad SMARTS) is 1. The highest BCUT2D eigenvalue weighted by Crippen LogP contribution is 2.44. The van der Waals surface area contributed by atoms with E-state index in [4.69, 9.17) is 9.97 Å². The van der Waals surface area contributed by atoms with E-state index in [1.165, 1.54) is 0 Å². The summed E-state index contributed by atoms with van der Waals surface area (Å²) in [7, 11) is 1.87. The zero-order valence-corrected chi connectivity index (χ0v) is 18.6. The van der Waals surface area contributed by atoms with Gasteiger partial charge in [0, 0.05) is 43.7 Å². The first-order valence-electron chi connectivity index (χ1n) is 11.3. The summed E-state index contributed by atoms with van der Waals surface area (Å²) in [5.41, 5.74) is 2.54. The number of nitrogens with one attached hydrogen (secondary N) is 1. The van der Waals surface area contributed by atoms with Gasteiger partial charge in [0.1, 0.15) is 5.82 Å². The second kappa shape index (κ2) is 8.47. The molecular formula is C24H28N6O3. The van der Waals surface area contributed by atoms with Crippen LogP contribution in [0.2, 0.25) is 0 Å². The van der Waals surface area contributed by atoms with Gasteiger partial charge >= 0.3 is 5.97 Å². The molecule has 1 aliphatic heterocycles. The monoisotopic (exact) mass is 448 g/mol. The van der Waals surface area contributed by atoms with Crippen molar-refractivity contribution in [2.45, 2.75) is 43.6 Å². The molecule has 0 radical (unpaired) electrons. The Hall–Kier alpha value is -3.46. The Balaban J connectivity index is 1.43. The number of hydrogen-bond donors (Lipinski definition) is 3. The summed E-state index contributed by atoms with van der Waals surface area (Å²) in [4.78, 5) is 23.4. The fraction of sp³-hybridized carbons (Fsp3) is 0.417. The number of carbonyl (C=O) groups is 1. The second-order valence-corrected chi connectivity index (χ2v) is 9.00. The van der Waals surface area contributed by atoms with E-state index in [-0.39, 0.29) is 6.10 Å². The predicted molar refractivity (Wildman–Crippen MR) is 125 cm³/mol. The van der Waals surface area contributed by atoms with Gasteiger partial charge in [0.25, 0.3) is 0 Å². The van der Waals surface area contributed by atoms with Crippen molar-refractivity contribution >= 4 is 23.4 Å². The number of piperidine rings is 1. The molecule has 1 aliphatic carbocycles. The minimum Gasteiger partial charge on any atom is -0.481 e. The lowest BCUT2D eigenvalue weighted by atomic mass is 9.64. The van der Waals surface area contributed by atoms with Crippen LogP contribution in [0, 0.1) is 0 Å². The van der Waals surface area contributed by atoms with Gasteiger partial charge in [0.15, 0.2) is 0 Å². The molecule has 2 aliphatic rings. The van der Waals surface area contributed by atoms with Crippen molar-refractivity contribution in [3.8, 4) is 11.3 Å². The highest BCUT2D eigenvalue weighted by Gasteiger charge is 2.45.